The Balaban J connectivity index is 2.32. The first-order chi connectivity index (χ1) is 10.0. The van der Waals surface area contributed by atoms with E-state index >= 15 is 0 Å². The third-order valence-corrected chi connectivity index (χ3v) is 3.02. The van der Waals surface area contributed by atoms with Crippen LogP contribution in [-0.4, -0.2) is 19.0 Å². The van der Waals surface area contributed by atoms with Crippen LogP contribution >= 0.6 is 0 Å². The van der Waals surface area contributed by atoms with E-state index in [-0.39, 0.29) is 16.8 Å². The van der Waals surface area contributed by atoms with Crippen molar-refractivity contribution >= 4 is 17.6 Å². The molecule has 21 heavy (non-hydrogen) atoms. The van der Waals surface area contributed by atoms with Gasteiger partial charge in [0.2, 0.25) is 0 Å². The summed E-state index contributed by atoms with van der Waals surface area (Å²) in [5, 5.41) is 2.53. The second-order valence-corrected chi connectivity index (χ2v) is 4.43. The van der Waals surface area contributed by atoms with E-state index in [2.05, 4.69) is 10.1 Å². The van der Waals surface area contributed by atoms with E-state index in [0.717, 1.165) is 0 Å². The van der Waals surface area contributed by atoms with Crippen molar-refractivity contribution in [1.82, 2.24) is 0 Å². The van der Waals surface area contributed by atoms with Crippen LogP contribution in [0.5, 0.6) is 0 Å². The van der Waals surface area contributed by atoms with E-state index in [1.807, 2.05) is 0 Å². The van der Waals surface area contributed by atoms with Gasteiger partial charge in [0, 0.05) is 0 Å². The fraction of sp³-hybridized carbons (Fsp3) is 0.125. The van der Waals surface area contributed by atoms with Gasteiger partial charge in [-0.1, -0.05) is 24.3 Å². The Kier molecular flexibility index (Phi) is 4.33. The summed E-state index contributed by atoms with van der Waals surface area (Å²) in [6, 6.07) is 10.9. The van der Waals surface area contributed by atoms with Gasteiger partial charge in [0.1, 0.15) is 5.82 Å². The SMILES string of the molecule is COC(=O)c1ccccc1NC(=O)c1cccc(C)c1F. The van der Waals surface area contributed by atoms with Crippen molar-refractivity contribution in [3.8, 4) is 0 Å². The van der Waals surface area contributed by atoms with Crippen LogP contribution in [0.3, 0.4) is 0 Å². The number of rotatable bonds is 3. The minimum Gasteiger partial charge on any atom is -0.465 e. The summed E-state index contributed by atoms with van der Waals surface area (Å²) >= 11 is 0. The molecular formula is C16H14FNO3. The van der Waals surface area contributed by atoms with Crippen LogP contribution in [-0.2, 0) is 4.74 Å². The lowest BCUT2D eigenvalue weighted by Crippen LogP contribution is -2.17. The predicted octanol–water partition coefficient (Wildman–Crippen LogP) is 3.17. The van der Waals surface area contributed by atoms with Gasteiger partial charge in [-0.2, -0.15) is 0 Å². The van der Waals surface area contributed by atoms with Crippen molar-refractivity contribution in [2.75, 3.05) is 12.4 Å². The number of halogens is 1. The Bertz CT molecular complexity index is 698. The number of carbonyl (C=O) groups is 2. The van der Waals surface area contributed by atoms with Crippen molar-refractivity contribution in [3.05, 3.63) is 65.0 Å². The van der Waals surface area contributed by atoms with E-state index in [4.69, 9.17) is 0 Å². The molecule has 0 fully saturated rings. The quantitative estimate of drug-likeness (QED) is 0.882. The Hall–Kier alpha value is -2.69. The van der Waals surface area contributed by atoms with E-state index in [9.17, 15) is 14.0 Å². The lowest BCUT2D eigenvalue weighted by molar-refractivity contribution is 0.0602. The van der Waals surface area contributed by atoms with Gasteiger partial charge < -0.3 is 10.1 Å². The second kappa shape index (κ2) is 6.17. The Labute approximate surface area is 121 Å². The van der Waals surface area contributed by atoms with Crippen LogP contribution in [0.4, 0.5) is 10.1 Å². The summed E-state index contributed by atoms with van der Waals surface area (Å²) in [6.07, 6.45) is 0. The zero-order valence-electron chi connectivity index (χ0n) is 11.6. The first kappa shape index (κ1) is 14.7. The number of amides is 1. The maximum Gasteiger partial charge on any atom is 0.339 e. The van der Waals surface area contributed by atoms with Gasteiger partial charge in [0.05, 0.1) is 23.9 Å². The fourth-order valence-electron chi connectivity index (χ4n) is 1.89. The van der Waals surface area contributed by atoms with Crippen LogP contribution in [0.2, 0.25) is 0 Å². The van der Waals surface area contributed by atoms with Gasteiger partial charge in [-0.3, -0.25) is 4.79 Å². The molecule has 2 rings (SSSR count). The molecule has 4 nitrogen and oxygen atoms in total. The molecule has 0 unspecified atom stereocenters. The smallest absolute Gasteiger partial charge is 0.339 e. The Morgan fingerprint density at radius 1 is 1.05 bits per heavy atom. The molecule has 0 aliphatic rings. The van der Waals surface area contributed by atoms with Crippen LogP contribution in [0.15, 0.2) is 42.5 Å². The highest BCUT2D eigenvalue weighted by Crippen LogP contribution is 2.19. The lowest BCUT2D eigenvalue weighted by Gasteiger charge is -2.10. The summed E-state index contributed by atoms with van der Waals surface area (Å²) in [6.45, 7) is 1.58. The summed E-state index contributed by atoms with van der Waals surface area (Å²) in [5.41, 5.74) is 0.787. The van der Waals surface area contributed by atoms with E-state index in [1.165, 1.54) is 19.2 Å². The number of benzene rings is 2. The van der Waals surface area contributed by atoms with Gasteiger partial charge in [-0.15, -0.1) is 0 Å². The molecule has 0 atom stereocenters. The number of nitrogens with one attached hydrogen (secondary N) is 1. The normalized spacial score (nSPS) is 10.0. The highest BCUT2D eigenvalue weighted by Gasteiger charge is 2.17. The standard InChI is InChI=1S/C16H14FNO3/c1-10-6-5-8-12(14(10)17)15(19)18-13-9-4-3-7-11(13)16(20)21-2/h3-9H,1-2H3,(H,18,19). The van der Waals surface area contributed by atoms with E-state index in [0.29, 0.717) is 5.56 Å². The Morgan fingerprint density at radius 2 is 1.71 bits per heavy atom. The summed E-state index contributed by atoms with van der Waals surface area (Å²) in [4.78, 5) is 23.8. The largest absolute Gasteiger partial charge is 0.465 e. The molecule has 0 aromatic heterocycles. The predicted molar refractivity (Wildman–Crippen MR) is 76.9 cm³/mol. The number of hydrogen-bond donors (Lipinski definition) is 1. The van der Waals surface area contributed by atoms with Crippen LogP contribution in [0, 0.1) is 12.7 Å². The van der Waals surface area contributed by atoms with Crippen molar-refractivity contribution < 1.29 is 18.7 Å². The van der Waals surface area contributed by atoms with E-state index in [1.54, 1.807) is 37.3 Å². The zero-order valence-corrected chi connectivity index (χ0v) is 11.6. The monoisotopic (exact) mass is 287 g/mol. The van der Waals surface area contributed by atoms with Crippen LogP contribution in [0.25, 0.3) is 0 Å². The molecule has 2 aromatic rings. The second-order valence-electron chi connectivity index (χ2n) is 4.43. The zero-order chi connectivity index (χ0) is 15.4. The number of para-hydroxylation sites is 1. The molecule has 1 amide bonds. The van der Waals surface area contributed by atoms with Crippen LogP contribution < -0.4 is 5.32 Å². The Morgan fingerprint density at radius 3 is 2.43 bits per heavy atom. The van der Waals surface area contributed by atoms with Gasteiger partial charge in [-0.05, 0) is 30.7 Å². The number of anilines is 1. The molecule has 2 aromatic carbocycles. The summed E-state index contributed by atoms with van der Waals surface area (Å²) in [5.74, 6) is -1.77. The topological polar surface area (TPSA) is 55.4 Å². The third kappa shape index (κ3) is 3.08. The fourth-order valence-corrected chi connectivity index (χ4v) is 1.89. The summed E-state index contributed by atoms with van der Waals surface area (Å²) < 4.78 is 18.6. The molecule has 0 saturated carbocycles. The van der Waals surface area contributed by atoms with Gasteiger partial charge >= 0.3 is 5.97 Å². The number of hydrogen-bond acceptors (Lipinski definition) is 3. The highest BCUT2D eigenvalue weighted by molar-refractivity contribution is 6.08. The maximum atomic E-state index is 13.9. The number of esters is 1. The van der Waals surface area contributed by atoms with Crippen LogP contribution in [0.1, 0.15) is 26.3 Å². The van der Waals surface area contributed by atoms with Gasteiger partial charge in [0.25, 0.3) is 5.91 Å². The highest BCUT2D eigenvalue weighted by atomic mass is 19.1. The first-order valence-electron chi connectivity index (χ1n) is 6.28. The summed E-state index contributed by atoms with van der Waals surface area (Å²) in [7, 11) is 1.25. The van der Waals surface area contributed by atoms with Gasteiger partial charge in [-0.25, -0.2) is 9.18 Å². The van der Waals surface area contributed by atoms with Gasteiger partial charge in [0.15, 0.2) is 0 Å². The average Bonchev–Trinajstić information content (AvgIpc) is 2.49. The number of aryl methyl sites for hydroxylation is 1. The van der Waals surface area contributed by atoms with Crippen molar-refractivity contribution in [2.45, 2.75) is 6.92 Å². The first-order valence-corrected chi connectivity index (χ1v) is 6.28. The van der Waals surface area contributed by atoms with Crippen molar-refractivity contribution in [3.63, 3.8) is 0 Å². The number of carbonyl (C=O) groups excluding carboxylic acids is 2. The molecule has 0 bridgehead atoms. The molecule has 0 heterocycles. The molecule has 108 valence electrons. The lowest BCUT2D eigenvalue weighted by atomic mass is 10.1. The minimum absolute atomic E-state index is 0.0744. The minimum atomic E-state index is -0.618. The maximum absolute atomic E-state index is 13.9. The third-order valence-electron chi connectivity index (χ3n) is 3.02. The molecule has 5 heteroatoms. The van der Waals surface area contributed by atoms with Crippen molar-refractivity contribution in [2.24, 2.45) is 0 Å². The average molecular weight is 287 g/mol. The molecule has 0 saturated heterocycles. The molecule has 1 N–H and O–H groups in total. The molecule has 0 radical (unpaired) electrons. The number of methoxy groups -OCH3 is 1. The molecule has 0 aliphatic heterocycles. The molecule has 0 spiro atoms. The molecule has 0 aliphatic carbocycles. The van der Waals surface area contributed by atoms with E-state index < -0.39 is 17.7 Å². The molecular weight excluding hydrogens is 273 g/mol. The van der Waals surface area contributed by atoms with Crippen molar-refractivity contribution in [1.29, 1.82) is 0 Å². The number of ether oxygens (including phenoxy) is 1.